The van der Waals surface area contributed by atoms with Crippen LogP contribution in [0.1, 0.15) is 28.9 Å². The summed E-state index contributed by atoms with van der Waals surface area (Å²) in [5.74, 6) is -0.299. The Morgan fingerprint density at radius 1 is 1.35 bits per heavy atom. The Bertz CT molecular complexity index is 745. The zero-order valence-corrected chi connectivity index (χ0v) is 15.4. The van der Waals surface area contributed by atoms with E-state index in [9.17, 15) is 14.4 Å². The van der Waals surface area contributed by atoms with Crippen LogP contribution in [0.25, 0.3) is 0 Å². The van der Waals surface area contributed by atoms with Crippen molar-refractivity contribution in [2.45, 2.75) is 38.0 Å². The highest BCUT2D eigenvalue weighted by atomic mass is 16.5. The molecule has 1 aromatic heterocycles. The summed E-state index contributed by atoms with van der Waals surface area (Å²) in [6.45, 7) is 3.72. The maximum atomic E-state index is 12.4. The van der Waals surface area contributed by atoms with Crippen molar-refractivity contribution in [2.75, 3.05) is 33.8 Å². The van der Waals surface area contributed by atoms with Gasteiger partial charge in [0, 0.05) is 45.0 Å². The predicted octanol–water partition coefficient (Wildman–Crippen LogP) is -0.267. The van der Waals surface area contributed by atoms with Crippen LogP contribution in [0.15, 0.2) is 16.9 Å². The molecule has 3 rings (SSSR count). The minimum atomic E-state index is -0.371. The lowest BCUT2D eigenvalue weighted by atomic mass is 10.1. The van der Waals surface area contributed by atoms with Crippen LogP contribution in [0.3, 0.4) is 0 Å². The van der Waals surface area contributed by atoms with E-state index in [1.807, 2.05) is 0 Å². The Morgan fingerprint density at radius 2 is 2.12 bits per heavy atom. The molecule has 26 heavy (non-hydrogen) atoms. The van der Waals surface area contributed by atoms with E-state index in [0.29, 0.717) is 26.1 Å². The maximum Gasteiger partial charge on any atom is 0.260 e. The monoisotopic (exact) mass is 362 g/mol. The molecule has 0 bridgehead atoms. The molecule has 2 aliphatic rings. The van der Waals surface area contributed by atoms with Gasteiger partial charge in [-0.2, -0.15) is 0 Å². The second kappa shape index (κ2) is 7.59. The molecular formula is C18H26N4O4. The molecule has 142 valence electrons. The van der Waals surface area contributed by atoms with Crippen LogP contribution in [-0.2, 0) is 9.53 Å². The molecule has 8 heteroatoms. The van der Waals surface area contributed by atoms with Gasteiger partial charge in [-0.05, 0) is 25.5 Å². The maximum absolute atomic E-state index is 12.4. The zero-order chi connectivity index (χ0) is 18.8. The van der Waals surface area contributed by atoms with E-state index in [4.69, 9.17) is 4.74 Å². The summed E-state index contributed by atoms with van der Waals surface area (Å²) in [6.07, 6.45) is 1.03. The first-order chi connectivity index (χ1) is 12.3. The van der Waals surface area contributed by atoms with Gasteiger partial charge in [0.05, 0.1) is 19.1 Å². The molecule has 3 atom stereocenters. The molecule has 0 saturated carbocycles. The van der Waals surface area contributed by atoms with Crippen molar-refractivity contribution >= 4 is 11.8 Å². The normalized spacial score (nSPS) is 25.6. The molecule has 0 unspecified atom stereocenters. The van der Waals surface area contributed by atoms with E-state index in [0.717, 1.165) is 12.1 Å². The second-order valence-electron chi connectivity index (χ2n) is 7.35. The highest BCUT2D eigenvalue weighted by Gasteiger charge is 2.38. The summed E-state index contributed by atoms with van der Waals surface area (Å²) < 4.78 is 5.83. The highest BCUT2D eigenvalue weighted by Crippen LogP contribution is 2.24. The molecule has 2 fully saturated rings. The SMILES string of the molecule is Cc1ccc(C(=O)N[C@@H]2C[C@H]3CO[C@@H](CC(=O)N(C)C)CN3C2)c(=O)[nH]1. The average molecular weight is 362 g/mol. The largest absolute Gasteiger partial charge is 0.375 e. The minimum Gasteiger partial charge on any atom is -0.375 e. The van der Waals surface area contributed by atoms with Gasteiger partial charge in [-0.1, -0.05) is 0 Å². The summed E-state index contributed by atoms with van der Waals surface area (Å²) in [4.78, 5) is 42.7. The van der Waals surface area contributed by atoms with E-state index in [2.05, 4.69) is 15.2 Å². The van der Waals surface area contributed by atoms with Crippen molar-refractivity contribution in [3.63, 3.8) is 0 Å². The first-order valence-corrected chi connectivity index (χ1v) is 8.90. The number of aryl methyl sites for hydroxylation is 1. The van der Waals surface area contributed by atoms with Crippen molar-refractivity contribution in [2.24, 2.45) is 0 Å². The Kier molecular flexibility index (Phi) is 5.43. The quantitative estimate of drug-likeness (QED) is 0.769. The molecule has 2 amide bonds. The number of aromatic nitrogens is 1. The van der Waals surface area contributed by atoms with Gasteiger partial charge in [0.15, 0.2) is 0 Å². The third-order valence-corrected chi connectivity index (χ3v) is 5.03. The number of aromatic amines is 1. The molecular weight excluding hydrogens is 336 g/mol. The van der Waals surface area contributed by atoms with Crippen molar-refractivity contribution in [1.82, 2.24) is 20.1 Å². The third-order valence-electron chi connectivity index (χ3n) is 5.03. The van der Waals surface area contributed by atoms with Crippen LogP contribution in [0.5, 0.6) is 0 Å². The van der Waals surface area contributed by atoms with Gasteiger partial charge in [-0.15, -0.1) is 0 Å². The smallest absolute Gasteiger partial charge is 0.260 e. The van der Waals surface area contributed by atoms with Crippen LogP contribution in [-0.4, -0.2) is 78.6 Å². The number of carbonyl (C=O) groups excluding carboxylic acids is 2. The number of ether oxygens (including phenoxy) is 1. The lowest BCUT2D eigenvalue weighted by Crippen LogP contribution is -2.47. The van der Waals surface area contributed by atoms with Crippen molar-refractivity contribution in [3.05, 3.63) is 33.7 Å². The third kappa shape index (κ3) is 4.13. The number of nitrogens with one attached hydrogen (secondary N) is 2. The summed E-state index contributed by atoms with van der Waals surface area (Å²) >= 11 is 0. The molecule has 2 N–H and O–H groups in total. The number of fused-ring (bicyclic) bond motifs is 1. The predicted molar refractivity (Wildman–Crippen MR) is 96.1 cm³/mol. The molecule has 0 aromatic carbocycles. The summed E-state index contributed by atoms with van der Waals surface area (Å²) in [7, 11) is 3.48. The van der Waals surface area contributed by atoms with E-state index in [1.165, 1.54) is 0 Å². The zero-order valence-electron chi connectivity index (χ0n) is 15.4. The van der Waals surface area contributed by atoms with Crippen LogP contribution < -0.4 is 10.9 Å². The van der Waals surface area contributed by atoms with Gasteiger partial charge < -0.3 is 19.9 Å². The first kappa shape index (κ1) is 18.6. The first-order valence-electron chi connectivity index (χ1n) is 8.90. The molecule has 8 nitrogen and oxygen atoms in total. The Balaban J connectivity index is 1.56. The van der Waals surface area contributed by atoms with Gasteiger partial charge in [0.2, 0.25) is 5.91 Å². The fourth-order valence-corrected chi connectivity index (χ4v) is 3.56. The molecule has 0 radical (unpaired) electrons. The molecule has 2 saturated heterocycles. The molecule has 0 spiro atoms. The topological polar surface area (TPSA) is 94.7 Å². The van der Waals surface area contributed by atoms with Crippen LogP contribution in [0.4, 0.5) is 0 Å². The van der Waals surface area contributed by atoms with E-state index in [1.54, 1.807) is 38.1 Å². The number of morpholine rings is 1. The number of nitrogens with zero attached hydrogens (tertiary/aromatic N) is 2. The number of hydrogen-bond acceptors (Lipinski definition) is 5. The standard InChI is InChI=1S/C18H26N4O4/c1-11-4-5-15(17(24)19-11)18(25)20-12-6-13-10-26-14(9-22(13)8-12)7-16(23)21(2)3/h4-5,12-14H,6-10H2,1-3H3,(H,19,24)(H,20,25)/t12-,13+,14+/m1/s1. The van der Waals surface area contributed by atoms with Gasteiger partial charge in [0.1, 0.15) is 5.56 Å². The lowest BCUT2D eigenvalue weighted by molar-refractivity contribution is -0.134. The van der Waals surface area contributed by atoms with Crippen molar-refractivity contribution in [3.8, 4) is 0 Å². The molecule has 3 heterocycles. The van der Waals surface area contributed by atoms with Crippen molar-refractivity contribution < 1.29 is 14.3 Å². The lowest BCUT2D eigenvalue weighted by Gasteiger charge is -2.35. The summed E-state index contributed by atoms with van der Waals surface area (Å²) in [5, 5.41) is 2.95. The number of rotatable bonds is 4. The average Bonchev–Trinajstić information content (AvgIpc) is 2.95. The summed E-state index contributed by atoms with van der Waals surface area (Å²) in [6, 6.07) is 3.48. The number of H-pyrrole nitrogens is 1. The van der Waals surface area contributed by atoms with Gasteiger partial charge in [-0.3, -0.25) is 19.3 Å². The molecule has 2 aliphatic heterocycles. The van der Waals surface area contributed by atoms with Crippen LogP contribution in [0.2, 0.25) is 0 Å². The van der Waals surface area contributed by atoms with E-state index >= 15 is 0 Å². The van der Waals surface area contributed by atoms with Crippen molar-refractivity contribution in [1.29, 1.82) is 0 Å². The van der Waals surface area contributed by atoms with Gasteiger partial charge in [-0.25, -0.2) is 0 Å². The number of amides is 2. The minimum absolute atomic E-state index is 0.0277. The Labute approximate surface area is 152 Å². The fourth-order valence-electron chi connectivity index (χ4n) is 3.56. The fraction of sp³-hybridized carbons (Fsp3) is 0.611. The van der Waals surface area contributed by atoms with Crippen LogP contribution in [0, 0.1) is 6.92 Å². The summed E-state index contributed by atoms with van der Waals surface area (Å²) in [5.41, 5.74) is 0.481. The molecule has 0 aliphatic carbocycles. The van der Waals surface area contributed by atoms with E-state index in [-0.39, 0.29) is 41.1 Å². The van der Waals surface area contributed by atoms with E-state index < -0.39 is 0 Å². The number of hydrogen-bond donors (Lipinski definition) is 2. The highest BCUT2D eigenvalue weighted by molar-refractivity contribution is 5.94. The Hall–Kier alpha value is -2.19. The number of carbonyl (C=O) groups is 2. The Morgan fingerprint density at radius 3 is 2.81 bits per heavy atom. The second-order valence-corrected chi connectivity index (χ2v) is 7.35. The molecule has 1 aromatic rings. The number of pyridine rings is 1. The van der Waals surface area contributed by atoms with Gasteiger partial charge >= 0.3 is 0 Å². The van der Waals surface area contributed by atoms with Crippen LogP contribution >= 0.6 is 0 Å². The van der Waals surface area contributed by atoms with Gasteiger partial charge in [0.25, 0.3) is 11.5 Å².